The van der Waals surface area contributed by atoms with Gasteiger partial charge in [0, 0.05) is 10.4 Å². The minimum Gasteiger partial charge on any atom is -0.456 e. The van der Waals surface area contributed by atoms with E-state index in [1.54, 1.807) is 36.4 Å². The molecule has 0 aliphatic rings. The van der Waals surface area contributed by atoms with E-state index in [9.17, 15) is 18.0 Å². The van der Waals surface area contributed by atoms with Crippen LogP contribution in [0.5, 0.6) is 0 Å². The van der Waals surface area contributed by atoms with Crippen molar-refractivity contribution in [2.45, 2.75) is 12.8 Å². The number of rotatable bonds is 5. The molecule has 0 bridgehead atoms. The molecular weight excluding hydrogens is 449 g/mol. The van der Waals surface area contributed by atoms with E-state index in [2.05, 4.69) is 5.10 Å². The van der Waals surface area contributed by atoms with Crippen LogP contribution >= 0.6 is 22.9 Å². The number of benzene rings is 2. The second kappa shape index (κ2) is 8.56. The summed E-state index contributed by atoms with van der Waals surface area (Å²) in [6, 6.07) is 17.3. The predicted octanol–water partition coefficient (Wildman–Crippen LogP) is 6.63. The summed E-state index contributed by atoms with van der Waals surface area (Å²) >= 11 is 7.66. The van der Waals surface area contributed by atoms with E-state index >= 15 is 0 Å². The maximum absolute atomic E-state index is 13.3. The van der Waals surface area contributed by atoms with E-state index in [0.717, 1.165) is 15.6 Å². The average Bonchev–Trinajstić information content (AvgIpc) is 3.42. The molecule has 0 radical (unpaired) electrons. The van der Waals surface area contributed by atoms with Gasteiger partial charge in [0.25, 0.3) is 0 Å². The fraction of sp³-hybridized carbons (Fsp3) is 0.0909. The van der Waals surface area contributed by atoms with Crippen molar-refractivity contribution in [2.75, 3.05) is 0 Å². The number of para-hydroxylation sites is 1. The smallest absolute Gasteiger partial charge is 0.435 e. The van der Waals surface area contributed by atoms with Crippen molar-refractivity contribution < 1.29 is 22.7 Å². The Balaban J connectivity index is 1.65. The van der Waals surface area contributed by atoms with Crippen LogP contribution in [0.25, 0.3) is 16.9 Å². The highest BCUT2D eigenvalue weighted by molar-refractivity contribution is 7.09. The van der Waals surface area contributed by atoms with E-state index < -0.39 is 17.8 Å². The molecule has 0 amide bonds. The van der Waals surface area contributed by atoms with Crippen molar-refractivity contribution in [3.63, 3.8) is 0 Å². The summed E-state index contributed by atoms with van der Waals surface area (Å²) < 4.78 is 46.4. The molecule has 31 heavy (non-hydrogen) atoms. The van der Waals surface area contributed by atoms with Crippen LogP contribution in [-0.2, 0) is 17.5 Å². The Bertz CT molecular complexity index is 1200. The fourth-order valence-electron chi connectivity index (χ4n) is 2.92. The van der Waals surface area contributed by atoms with Gasteiger partial charge in [0.05, 0.1) is 22.0 Å². The van der Waals surface area contributed by atoms with Crippen LogP contribution in [0.1, 0.15) is 20.9 Å². The van der Waals surface area contributed by atoms with E-state index in [1.807, 2.05) is 17.5 Å². The molecule has 2 aromatic carbocycles. The zero-order valence-corrected chi connectivity index (χ0v) is 17.3. The molecule has 0 fully saturated rings. The van der Waals surface area contributed by atoms with Gasteiger partial charge in [-0.1, -0.05) is 41.9 Å². The highest BCUT2D eigenvalue weighted by atomic mass is 35.5. The maximum Gasteiger partial charge on any atom is 0.435 e. The maximum atomic E-state index is 13.3. The van der Waals surface area contributed by atoms with Gasteiger partial charge in [0.1, 0.15) is 6.61 Å². The number of hydrogen-bond donors (Lipinski definition) is 0. The molecule has 0 saturated heterocycles. The van der Waals surface area contributed by atoms with Gasteiger partial charge >= 0.3 is 12.1 Å². The lowest BCUT2D eigenvalue weighted by Crippen LogP contribution is -2.07. The lowest BCUT2D eigenvalue weighted by molar-refractivity contribution is -0.141. The molecule has 0 spiro atoms. The van der Waals surface area contributed by atoms with E-state index in [1.165, 1.54) is 23.5 Å². The molecule has 0 unspecified atom stereocenters. The van der Waals surface area contributed by atoms with Crippen LogP contribution in [0, 0.1) is 0 Å². The third-order valence-corrected chi connectivity index (χ3v) is 5.59. The summed E-state index contributed by atoms with van der Waals surface area (Å²) in [5, 5.41) is 5.86. The number of hydrogen-bond acceptors (Lipinski definition) is 4. The lowest BCUT2D eigenvalue weighted by Gasteiger charge is -2.10. The number of carbonyl (C=O) groups excluding carboxylic acids is 1. The number of alkyl halides is 3. The number of nitrogens with zero attached hydrogens (tertiary/aromatic N) is 2. The quantitative estimate of drug-likeness (QED) is 0.313. The number of aromatic nitrogens is 2. The van der Waals surface area contributed by atoms with Gasteiger partial charge in [-0.25, -0.2) is 9.48 Å². The molecule has 0 aliphatic carbocycles. The van der Waals surface area contributed by atoms with Crippen LogP contribution in [0.15, 0.2) is 72.1 Å². The number of carbonyl (C=O) groups is 1. The van der Waals surface area contributed by atoms with Crippen molar-refractivity contribution in [3.05, 3.63) is 93.3 Å². The standard InChI is InChI=1S/C22H14ClF3N2O2S/c23-17-5-1-2-6-18(17)28-19(12-20(27-28)22(24,25)26)14-7-9-15(10-8-14)21(29)30-13-16-4-3-11-31-16/h1-12H,13H2. The van der Waals surface area contributed by atoms with Gasteiger partial charge in [-0.15, -0.1) is 11.3 Å². The highest BCUT2D eigenvalue weighted by Crippen LogP contribution is 2.34. The summed E-state index contributed by atoms with van der Waals surface area (Å²) in [6.45, 7) is 0.159. The first kappa shape index (κ1) is 21.1. The van der Waals surface area contributed by atoms with Crippen molar-refractivity contribution in [3.8, 4) is 16.9 Å². The second-order valence-corrected chi connectivity index (χ2v) is 7.95. The van der Waals surface area contributed by atoms with Gasteiger partial charge in [-0.05, 0) is 41.8 Å². The van der Waals surface area contributed by atoms with Crippen molar-refractivity contribution in [2.24, 2.45) is 0 Å². The summed E-state index contributed by atoms with van der Waals surface area (Å²) in [5.74, 6) is -0.518. The van der Waals surface area contributed by atoms with E-state index in [-0.39, 0.29) is 17.3 Å². The monoisotopic (exact) mass is 462 g/mol. The predicted molar refractivity (Wildman–Crippen MR) is 112 cm³/mol. The van der Waals surface area contributed by atoms with Gasteiger partial charge < -0.3 is 4.74 Å². The number of thiophene rings is 1. The Hall–Kier alpha value is -3.10. The fourth-order valence-corrected chi connectivity index (χ4v) is 3.76. The third kappa shape index (κ3) is 4.65. The Morgan fingerprint density at radius 1 is 1.06 bits per heavy atom. The van der Waals surface area contributed by atoms with Gasteiger partial charge in [-0.2, -0.15) is 18.3 Å². The second-order valence-electron chi connectivity index (χ2n) is 6.51. The molecule has 4 rings (SSSR count). The van der Waals surface area contributed by atoms with Crippen molar-refractivity contribution >= 4 is 28.9 Å². The van der Waals surface area contributed by atoms with Crippen LogP contribution in [0.2, 0.25) is 5.02 Å². The SMILES string of the molecule is O=C(OCc1cccs1)c1ccc(-c2cc(C(F)(F)F)nn2-c2ccccc2Cl)cc1. The number of esters is 1. The van der Waals surface area contributed by atoms with Crippen LogP contribution in [0.3, 0.4) is 0 Å². The third-order valence-electron chi connectivity index (χ3n) is 4.42. The molecule has 0 saturated carbocycles. The Labute approximate surface area is 184 Å². The Morgan fingerprint density at radius 2 is 1.81 bits per heavy atom. The molecule has 158 valence electrons. The molecule has 2 heterocycles. The van der Waals surface area contributed by atoms with E-state index in [4.69, 9.17) is 16.3 Å². The zero-order valence-electron chi connectivity index (χ0n) is 15.8. The average molecular weight is 463 g/mol. The lowest BCUT2D eigenvalue weighted by atomic mass is 10.1. The van der Waals surface area contributed by atoms with Gasteiger partial charge in [-0.3, -0.25) is 0 Å². The Kier molecular flexibility index (Phi) is 5.84. The molecule has 0 N–H and O–H groups in total. The van der Waals surface area contributed by atoms with Crippen molar-refractivity contribution in [1.82, 2.24) is 9.78 Å². The minimum atomic E-state index is -4.62. The van der Waals surface area contributed by atoms with Crippen LogP contribution < -0.4 is 0 Å². The van der Waals surface area contributed by atoms with Crippen molar-refractivity contribution in [1.29, 1.82) is 0 Å². The normalized spacial score (nSPS) is 11.5. The zero-order chi connectivity index (χ0) is 22.0. The van der Waals surface area contributed by atoms with Crippen LogP contribution in [0.4, 0.5) is 13.2 Å². The summed E-state index contributed by atoms with van der Waals surface area (Å²) in [7, 11) is 0. The van der Waals surface area contributed by atoms with Gasteiger partial charge in [0.15, 0.2) is 5.69 Å². The topological polar surface area (TPSA) is 44.1 Å². The molecule has 9 heteroatoms. The number of ether oxygens (including phenoxy) is 1. The van der Waals surface area contributed by atoms with Gasteiger partial charge in [0.2, 0.25) is 0 Å². The first-order valence-corrected chi connectivity index (χ1v) is 10.3. The molecule has 0 atom stereocenters. The molecule has 0 aliphatic heterocycles. The Morgan fingerprint density at radius 3 is 2.45 bits per heavy atom. The minimum absolute atomic E-state index is 0.159. The van der Waals surface area contributed by atoms with Crippen LogP contribution in [-0.4, -0.2) is 15.7 Å². The molecule has 4 nitrogen and oxygen atoms in total. The summed E-state index contributed by atoms with van der Waals surface area (Å²) in [5.41, 5.74) is 0.202. The summed E-state index contributed by atoms with van der Waals surface area (Å²) in [6.07, 6.45) is -4.62. The largest absolute Gasteiger partial charge is 0.456 e. The highest BCUT2D eigenvalue weighted by Gasteiger charge is 2.35. The summed E-state index contributed by atoms with van der Waals surface area (Å²) in [4.78, 5) is 13.2. The molecule has 2 aromatic heterocycles. The number of halogens is 4. The molecule has 4 aromatic rings. The first-order chi connectivity index (χ1) is 14.8. The first-order valence-electron chi connectivity index (χ1n) is 9.05. The van der Waals surface area contributed by atoms with E-state index in [0.29, 0.717) is 16.8 Å². The molecular formula is C22H14ClF3N2O2S.